The van der Waals surface area contributed by atoms with Crippen LogP contribution in [-0.4, -0.2) is 6.21 Å². The fourth-order valence-corrected chi connectivity index (χ4v) is 1.40. The smallest absolute Gasteiger partial charge is 0.142 e. The summed E-state index contributed by atoms with van der Waals surface area (Å²) < 4.78 is 25.7. The van der Waals surface area contributed by atoms with Crippen molar-refractivity contribution in [3.8, 4) is 0 Å². The zero-order valence-corrected chi connectivity index (χ0v) is 9.44. The van der Waals surface area contributed by atoms with Crippen LogP contribution in [0.1, 0.15) is 11.1 Å². The van der Waals surface area contributed by atoms with E-state index in [9.17, 15) is 8.78 Å². The third-order valence-corrected chi connectivity index (χ3v) is 2.17. The van der Waals surface area contributed by atoms with Gasteiger partial charge in [-0.3, -0.25) is 0 Å². The van der Waals surface area contributed by atoms with Gasteiger partial charge in [-0.1, -0.05) is 35.5 Å². The minimum atomic E-state index is -0.635. The predicted molar refractivity (Wildman–Crippen MR) is 64.1 cm³/mol. The summed E-state index contributed by atoms with van der Waals surface area (Å²) in [4.78, 5) is 4.91. The van der Waals surface area contributed by atoms with E-state index in [1.807, 2.05) is 30.3 Å². The van der Waals surface area contributed by atoms with Gasteiger partial charge in [0.05, 0.1) is 0 Å². The third kappa shape index (κ3) is 3.66. The molecule has 0 saturated carbocycles. The fraction of sp³-hybridized carbons (Fsp3) is 0.0714. The molecule has 0 aliphatic heterocycles. The Bertz CT molecular complexity index is 520. The van der Waals surface area contributed by atoms with Crippen LogP contribution in [0.3, 0.4) is 0 Å². The molecule has 0 saturated heterocycles. The maximum Gasteiger partial charge on any atom is 0.142 e. The summed E-state index contributed by atoms with van der Waals surface area (Å²) >= 11 is 0. The lowest BCUT2D eigenvalue weighted by molar-refractivity contribution is 0.131. The van der Waals surface area contributed by atoms with Crippen molar-refractivity contribution in [2.24, 2.45) is 5.16 Å². The van der Waals surface area contributed by atoms with Crippen LogP contribution < -0.4 is 0 Å². The molecule has 0 aliphatic carbocycles. The first-order valence-corrected chi connectivity index (χ1v) is 5.32. The molecule has 2 nitrogen and oxygen atoms in total. The van der Waals surface area contributed by atoms with Crippen LogP contribution in [0.15, 0.2) is 53.7 Å². The Balaban J connectivity index is 1.90. The lowest BCUT2D eigenvalue weighted by atomic mass is 10.2. The summed E-state index contributed by atoms with van der Waals surface area (Å²) in [6.45, 7) is -0.00544. The Morgan fingerprint density at radius 1 is 1.00 bits per heavy atom. The zero-order valence-electron chi connectivity index (χ0n) is 9.44. The fourth-order valence-electron chi connectivity index (χ4n) is 1.40. The molecule has 0 N–H and O–H groups in total. The second-order valence-corrected chi connectivity index (χ2v) is 3.62. The van der Waals surface area contributed by atoms with Crippen molar-refractivity contribution < 1.29 is 13.6 Å². The molecule has 0 spiro atoms. The lowest BCUT2D eigenvalue weighted by Gasteiger charge is -2.00. The summed E-state index contributed by atoms with van der Waals surface area (Å²) in [7, 11) is 0. The number of nitrogens with zero attached hydrogens (tertiary/aromatic N) is 1. The van der Waals surface area contributed by atoms with Gasteiger partial charge in [0.1, 0.15) is 24.5 Å². The van der Waals surface area contributed by atoms with Crippen molar-refractivity contribution in [3.63, 3.8) is 0 Å². The van der Waals surface area contributed by atoms with Crippen LogP contribution in [0, 0.1) is 11.6 Å². The Labute approximate surface area is 104 Å². The van der Waals surface area contributed by atoms with Gasteiger partial charge in [-0.05, 0) is 17.7 Å². The number of benzene rings is 2. The van der Waals surface area contributed by atoms with E-state index in [1.54, 1.807) is 0 Å². The molecular weight excluding hydrogens is 236 g/mol. The van der Waals surface area contributed by atoms with Gasteiger partial charge in [-0.2, -0.15) is 0 Å². The molecule has 0 aromatic heterocycles. The van der Waals surface area contributed by atoms with Crippen molar-refractivity contribution in [3.05, 3.63) is 71.3 Å². The topological polar surface area (TPSA) is 21.6 Å². The Morgan fingerprint density at radius 3 is 2.33 bits per heavy atom. The molecule has 0 heterocycles. The number of hydrogen-bond acceptors (Lipinski definition) is 2. The summed E-state index contributed by atoms with van der Waals surface area (Å²) in [5.74, 6) is -1.27. The first-order valence-electron chi connectivity index (χ1n) is 5.32. The molecule has 0 aliphatic rings. The molecule has 0 amide bonds. The van der Waals surface area contributed by atoms with Gasteiger partial charge in [0.2, 0.25) is 0 Å². The monoisotopic (exact) mass is 246 g/mol. The molecule has 0 bridgehead atoms. The minimum absolute atomic E-state index is 0.00544. The predicted octanol–water partition coefficient (Wildman–Crippen LogP) is 3.39. The number of halogens is 2. The highest BCUT2D eigenvalue weighted by Gasteiger charge is 2.00. The highest BCUT2D eigenvalue weighted by atomic mass is 19.1. The zero-order chi connectivity index (χ0) is 12.8. The maximum absolute atomic E-state index is 12.9. The summed E-state index contributed by atoms with van der Waals surface area (Å²) in [5.41, 5.74) is 1.15. The average molecular weight is 246 g/mol. The van der Waals surface area contributed by atoms with E-state index in [1.165, 1.54) is 12.1 Å². The van der Waals surface area contributed by atoms with E-state index >= 15 is 0 Å². The van der Waals surface area contributed by atoms with E-state index in [4.69, 9.17) is 4.84 Å². The van der Waals surface area contributed by atoms with Crippen LogP contribution in [-0.2, 0) is 11.4 Å². The Morgan fingerprint density at radius 2 is 1.67 bits per heavy atom. The molecule has 18 heavy (non-hydrogen) atoms. The van der Waals surface area contributed by atoms with E-state index in [-0.39, 0.29) is 6.61 Å². The van der Waals surface area contributed by atoms with E-state index < -0.39 is 11.6 Å². The van der Waals surface area contributed by atoms with Crippen molar-refractivity contribution >= 4 is 6.21 Å². The van der Waals surface area contributed by atoms with Crippen LogP contribution in [0.4, 0.5) is 8.78 Å². The molecule has 91 valence electrons. The largest absolute Gasteiger partial charge is 0.390 e. The van der Waals surface area contributed by atoms with Gasteiger partial charge >= 0.3 is 0 Å². The molecule has 1 radical (unpaired) electrons. The standard InChI is InChI=1S/C14H10F2NO/c15-13-6-12(7-14(16)8-13)10-18-17-9-11-4-2-1-3-5-11/h1-8H,10H2. The lowest BCUT2D eigenvalue weighted by Crippen LogP contribution is -1.91. The van der Waals surface area contributed by atoms with E-state index in [2.05, 4.69) is 11.4 Å². The molecule has 0 unspecified atom stereocenters. The molecule has 2 rings (SSSR count). The SMILES string of the molecule is Fc1cc(F)cc(CO/N=[C]\c2ccccc2)c1. The highest BCUT2D eigenvalue weighted by Crippen LogP contribution is 2.09. The van der Waals surface area contributed by atoms with Crippen LogP contribution in [0.5, 0.6) is 0 Å². The summed E-state index contributed by atoms with van der Waals surface area (Å²) in [5, 5.41) is 3.60. The van der Waals surface area contributed by atoms with E-state index in [0.717, 1.165) is 11.6 Å². The van der Waals surface area contributed by atoms with Gasteiger partial charge < -0.3 is 4.84 Å². The van der Waals surface area contributed by atoms with Crippen LogP contribution in [0.25, 0.3) is 0 Å². The summed E-state index contributed by atoms with van der Waals surface area (Å²) in [6, 6.07) is 12.4. The highest BCUT2D eigenvalue weighted by molar-refractivity contribution is 5.78. The molecular formula is C14H10F2NO. The molecule has 0 atom stereocenters. The van der Waals surface area contributed by atoms with E-state index in [0.29, 0.717) is 5.56 Å². The molecule has 2 aromatic rings. The molecule has 2 aromatic carbocycles. The quantitative estimate of drug-likeness (QED) is 0.598. The van der Waals surface area contributed by atoms with Gasteiger partial charge in [0.15, 0.2) is 0 Å². The minimum Gasteiger partial charge on any atom is -0.390 e. The maximum atomic E-state index is 12.9. The molecule has 4 heteroatoms. The van der Waals surface area contributed by atoms with Crippen LogP contribution >= 0.6 is 0 Å². The van der Waals surface area contributed by atoms with Crippen molar-refractivity contribution in [1.82, 2.24) is 0 Å². The van der Waals surface area contributed by atoms with Crippen molar-refractivity contribution in [1.29, 1.82) is 0 Å². The second kappa shape index (κ2) is 5.91. The second-order valence-electron chi connectivity index (χ2n) is 3.62. The first-order chi connectivity index (χ1) is 8.74. The first kappa shape index (κ1) is 12.2. The normalized spacial score (nSPS) is 10.8. The Hall–Kier alpha value is -2.23. The van der Waals surface area contributed by atoms with Gasteiger partial charge in [0, 0.05) is 11.6 Å². The van der Waals surface area contributed by atoms with Crippen molar-refractivity contribution in [2.45, 2.75) is 6.61 Å². The number of rotatable bonds is 4. The van der Waals surface area contributed by atoms with Crippen LogP contribution in [0.2, 0.25) is 0 Å². The molecule has 0 fully saturated rings. The van der Waals surface area contributed by atoms with Gasteiger partial charge in [-0.15, -0.1) is 0 Å². The summed E-state index contributed by atoms with van der Waals surface area (Å²) in [6.07, 6.45) is 2.66. The Kier molecular flexibility index (Phi) is 4.02. The van der Waals surface area contributed by atoms with Gasteiger partial charge in [0.25, 0.3) is 0 Å². The number of hydrogen-bond donors (Lipinski definition) is 0. The third-order valence-electron chi connectivity index (χ3n) is 2.17. The average Bonchev–Trinajstić information content (AvgIpc) is 2.35. The van der Waals surface area contributed by atoms with Crippen molar-refractivity contribution in [2.75, 3.05) is 0 Å². The van der Waals surface area contributed by atoms with Gasteiger partial charge in [-0.25, -0.2) is 8.78 Å².